The molecule has 0 atom stereocenters. The average Bonchev–Trinajstić information content (AvgIpc) is 2.38. The number of benzene rings is 2. The van der Waals surface area contributed by atoms with Gasteiger partial charge in [0.05, 0.1) is 17.8 Å². The van der Waals surface area contributed by atoms with Crippen LogP contribution in [0.5, 0.6) is 11.5 Å². The first-order valence-corrected chi connectivity index (χ1v) is 7.44. The van der Waals surface area contributed by atoms with Crippen LogP contribution in [-0.2, 0) is 10.0 Å². The molecular weight excluding hydrogens is 302 g/mol. The molecule has 7 heteroatoms. The maximum Gasteiger partial charge on any atom is 0.265 e. The summed E-state index contributed by atoms with van der Waals surface area (Å²) in [7, 11) is -2.41. The van der Waals surface area contributed by atoms with E-state index in [4.69, 9.17) is 16.3 Å². The summed E-state index contributed by atoms with van der Waals surface area (Å²) in [6.45, 7) is 0. The Bertz CT molecular complexity index is 731. The molecule has 2 N–H and O–H groups in total. The van der Waals surface area contributed by atoms with Crippen molar-refractivity contribution >= 4 is 27.3 Å². The van der Waals surface area contributed by atoms with E-state index in [0.29, 0.717) is 5.75 Å². The van der Waals surface area contributed by atoms with Gasteiger partial charge < -0.3 is 9.84 Å². The molecule has 0 unspecified atom stereocenters. The van der Waals surface area contributed by atoms with Crippen LogP contribution in [0.25, 0.3) is 0 Å². The number of halogens is 1. The van der Waals surface area contributed by atoms with Crippen molar-refractivity contribution in [3.8, 4) is 11.5 Å². The summed E-state index contributed by atoms with van der Waals surface area (Å²) in [4.78, 5) is -0.202. The third kappa shape index (κ3) is 2.97. The van der Waals surface area contributed by atoms with E-state index in [-0.39, 0.29) is 21.4 Å². The fourth-order valence-corrected chi connectivity index (χ4v) is 3.03. The molecular formula is C13H12ClNO4S. The number of para-hydroxylation sites is 1. The maximum atomic E-state index is 12.1. The Hall–Kier alpha value is -1.92. The van der Waals surface area contributed by atoms with Crippen LogP contribution in [-0.4, -0.2) is 20.6 Å². The molecule has 0 aliphatic carbocycles. The Morgan fingerprint density at radius 2 is 1.90 bits per heavy atom. The highest BCUT2D eigenvalue weighted by atomic mass is 35.5. The first kappa shape index (κ1) is 14.5. The van der Waals surface area contributed by atoms with Crippen LogP contribution in [0.1, 0.15) is 0 Å². The molecule has 2 rings (SSSR count). The highest BCUT2D eigenvalue weighted by Crippen LogP contribution is 2.29. The van der Waals surface area contributed by atoms with Crippen molar-refractivity contribution in [2.75, 3.05) is 11.8 Å². The van der Waals surface area contributed by atoms with E-state index in [1.165, 1.54) is 37.4 Å². The molecule has 0 amide bonds. The topological polar surface area (TPSA) is 75.6 Å². The lowest BCUT2D eigenvalue weighted by Gasteiger charge is -2.10. The van der Waals surface area contributed by atoms with Crippen LogP contribution in [0.3, 0.4) is 0 Å². The van der Waals surface area contributed by atoms with E-state index < -0.39 is 10.0 Å². The summed E-state index contributed by atoms with van der Waals surface area (Å²) in [5, 5.41) is 9.88. The Balaban J connectivity index is 2.34. The highest BCUT2D eigenvalue weighted by Gasteiger charge is 2.18. The van der Waals surface area contributed by atoms with E-state index >= 15 is 0 Å². The zero-order valence-electron chi connectivity index (χ0n) is 10.5. The number of phenols is 1. The molecule has 0 saturated heterocycles. The predicted molar refractivity (Wildman–Crippen MR) is 76.9 cm³/mol. The van der Waals surface area contributed by atoms with E-state index in [1.54, 1.807) is 12.1 Å². The fourth-order valence-electron chi connectivity index (χ4n) is 1.62. The second kappa shape index (κ2) is 5.60. The van der Waals surface area contributed by atoms with Gasteiger partial charge in [0.2, 0.25) is 0 Å². The first-order valence-electron chi connectivity index (χ1n) is 5.58. The van der Waals surface area contributed by atoms with E-state index in [9.17, 15) is 13.5 Å². The van der Waals surface area contributed by atoms with Gasteiger partial charge in [-0.3, -0.25) is 4.72 Å². The molecule has 20 heavy (non-hydrogen) atoms. The van der Waals surface area contributed by atoms with Gasteiger partial charge >= 0.3 is 0 Å². The van der Waals surface area contributed by atoms with Crippen molar-refractivity contribution in [3.05, 3.63) is 47.5 Å². The molecule has 2 aromatic rings. The van der Waals surface area contributed by atoms with Crippen molar-refractivity contribution in [2.24, 2.45) is 0 Å². The standard InChI is InChI=1S/C13H12ClNO4S/c1-19-12-7-6-9(8-10(12)14)15-20(17,18)13-5-3-2-4-11(13)16/h2-8,15-16H,1H3. The lowest BCUT2D eigenvalue weighted by molar-refractivity contribution is 0.415. The molecule has 0 aliphatic heterocycles. The summed E-state index contributed by atoms with van der Waals surface area (Å²) < 4.78 is 31.6. The minimum Gasteiger partial charge on any atom is -0.507 e. The summed E-state index contributed by atoms with van der Waals surface area (Å²) in [6.07, 6.45) is 0. The normalized spacial score (nSPS) is 11.1. The highest BCUT2D eigenvalue weighted by molar-refractivity contribution is 7.92. The number of anilines is 1. The van der Waals surface area contributed by atoms with Crippen molar-refractivity contribution in [2.45, 2.75) is 4.90 Å². The summed E-state index contributed by atoms with van der Waals surface area (Å²) >= 11 is 5.93. The molecule has 0 radical (unpaired) electrons. The Labute approximate surface area is 121 Å². The maximum absolute atomic E-state index is 12.1. The number of sulfonamides is 1. The smallest absolute Gasteiger partial charge is 0.265 e. The van der Waals surface area contributed by atoms with Gasteiger partial charge in [-0.1, -0.05) is 23.7 Å². The minimum atomic E-state index is -3.88. The molecule has 0 bridgehead atoms. The molecule has 5 nitrogen and oxygen atoms in total. The number of ether oxygens (including phenoxy) is 1. The van der Waals surface area contributed by atoms with Gasteiger partial charge in [0, 0.05) is 0 Å². The van der Waals surface area contributed by atoms with Gasteiger partial charge in [-0.25, -0.2) is 8.42 Å². The Morgan fingerprint density at radius 3 is 2.50 bits per heavy atom. The van der Waals surface area contributed by atoms with Crippen LogP contribution >= 0.6 is 11.6 Å². The lowest BCUT2D eigenvalue weighted by atomic mass is 10.3. The van der Waals surface area contributed by atoms with Crippen LogP contribution in [0, 0.1) is 0 Å². The van der Waals surface area contributed by atoms with Crippen molar-refractivity contribution in [1.29, 1.82) is 0 Å². The van der Waals surface area contributed by atoms with Gasteiger partial charge in [-0.2, -0.15) is 0 Å². The van der Waals surface area contributed by atoms with Crippen LogP contribution in [0.15, 0.2) is 47.4 Å². The van der Waals surface area contributed by atoms with E-state index in [1.807, 2.05) is 0 Å². The SMILES string of the molecule is COc1ccc(NS(=O)(=O)c2ccccc2O)cc1Cl. The zero-order chi connectivity index (χ0) is 14.8. The molecule has 0 aliphatic rings. The molecule has 106 valence electrons. The van der Waals surface area contributed by atoms with E-state index in [0.717, 1.165) is 0 Å². The number of aromatic hydroxyl groups is 1. The molecule has 0 heterocycles. The van der Waals surface area contributed by atoms with Gasteiger partial charge in [0.1, 0.15) is 16.4 Å². The van der Waals surface area contributed by atoms with Crippen LogP contribution in [0.2, 0.25) is 5.02 Å². The minimum absolute atomic E-state index is 0.202. The molecule has 0 saturated carbocycles. The monoisotopic (exact) mass is 313 g/mol. The van der Waals surface area contributed by atoms with Crippen LogP contribution in [0.4, 0.5) is 5.69 Å². The van der Waals surface area contributed by atoms with E-state index in [2.05, 4.69) is 4.72 Å². The number of methoxy groups -OCH3 is 1. The fraction of sp³-hybridized carbons (Fsp3) is 0.0769. The van der Waals surface area contributed by atoms with Gasteiger partial charge in [0.25, 0.3) is 10.0 Å². The third-order valence-corrected chi connectivity index (χ3v) is 4.28. The number of rotatable bonds is 4. The van der Waals surface area contributed by atoms with Gasteiger partial charge in [0.15, 0.2) is 0 Å². The van der Waals surface area contributed by atoms with Crippen LogP contribution < -0.4 is 9.46 Å². The summed E-state index contributed by atoms with van der Waals surface area (Å²) in [5.41, 5.74) is 0.277. The molecule has 2 aromatic carbocycles. The first-order chi connectivity index (χ1) is 9.44. The Morgan fingerprint density at radius 1 is 1.20 bits per heavy atom. The summed E-state index contributed by atoms with van der Waals surface area (Å²) in [5.74, 6) is 0.122. The van der Waals surface area contributed by atoms with Crippen molar-refractivity contribution in [1.82, 2.24) is 0 Å². The molecule has 0 spiro atoms. The average molecular weight is 314 g/mol. The van der Waals surface area contributed by atoms with Crippen molar-refractivity contribution in [3.63, 3.8) is 0 Å². The number of hydrogen-bond acceptors (Lipinski definition) is 4. The van der Waals surface area contributed by atoms with Gasteiger partial charge in [-0.05, 0) is 30.3 Å². The number of nitrogens with one attached hydrogen (secondary N) is 1. The summed E-state index contributed by atoms with van der Waals surface area (Å²) in [6, 6.07) is 10.2. The second-order valence-corrected chi connectivity index (χ2v) is 5.98. The number of phenolic OH excluding ortho intramolecular Hbond substituents is 1. The van der Waals surface area contributed by atoms with Gasteiger partial charge in [-0.15, -0.1) is 0 Å². The second-order valence-electron chi connectivity index (χ2n) is 3.92. The van der Waals surface area contributed by atoms with Crippen molar-refractivity contribution < 1.29 is 18.3 Å². The molecule has 0 fully saturated rings. The Kier molecular flexibility index (Phi) is 4.06. The molecule has 0 aromatic heterocycles. The zero-order valence-corrected chi connectivity index (χ0v) is 12.1. The largest absolute Gasteiger partial charge is 0.507 e. The lowest BCUT2D eigenvalue weighted by Crippen LogP contribution is -2.13. The third-order valence-electron chi connectivity index (χ3n) is 2.56. The predicted octanol–water partition coefficient (Wildman–Crippen LogP) is 2.86. The quantitative estimate of drug-likeness (QED) is 0.910. The number of hydrogen-bond donors (Lipinski definition) is 2.